The molecule has 1 nitrogen and oxygen atoms in total. The fourth-order valence-corrected chi connectivity index (χ4v) is 2.20. The lowest BCUT2D eigenvalue weighted by molar-refractivity contribution is 0.625. The van der Waals surface area contributed by atoms with E-state index in [-0.39, 0.29) is 11.9 Å². The maximum Gasteiger partial charge on any atom is 0.123 e. The summed E-state index contributed by atoms with van der Waals surface area (Å²) in [5, 5.41) is 4.06. The lowest BCUT2D eigenvalue weighted by Crippen LogP contribution is -2.12. The molecule has 0 bridgehead atoms. The zero-order valence-electron chi connectivity index (χ0n) is 8.19. The van der Waals surface area contributed by atoms with Gasteiger partial charge in [0.15, 0.2) is 0 Å². The van der Waals surface area contributed by atoms with E-state index in [9.17, 15) is 4.39 Å². The second kappa shape index (κ2) is 4.55. The molecule has 1 aromatic carbocycles. The van der Waals surface area contributed by atoms with Crippen LogP contribution in [0.5, 0.6) is 0 Å². The van der Waals surface area contributed by atoms with Crippen molar-refractivity contribution in [3.8, 4) is 0 Å². The van der Waals surface area contributed by atoms with E-state index in [1.54, 1.807) is 23.5 Å². The fourth-order valence-electron chi connectivity index (χ4n) is 1.48. The van der Waals surface area contributed by atoms with Gasteiger partial charge >= 0.3 is 0 Å². The summed E-state index contributed by atoms with van der Waals surface area (Å²) in [6.45, 7) is 0. The Morgan fingerprint density at radius 1 is 1.20 bits per heavy atom. The topological polar surface area (TPSA) is 26.0 Å². The molecule has 0 saturated carbocycles. The van der Waals surface area contributed by atoms with E-state index in [1.165, 1.54) is 12.1 Å². The lowest BCUT2D eigenvalue weighted by atomic mass is 10.0. The zero-order valence-corrected chi connectivity index (χ0v) is 9.01. The summed E-state index contributed by atoms with van der Waals surface area (Å²) in [6.07, 6.45) is 0.747. The van der Waals surface area contributed by atoms with Crippen LogP contribution in [-0.4, -0.2) is 0 Å². The summed E-state index contributed by atoms with van der Waals surface area (Å²) in [7, 11) is 0. The third-order valence-electron chi connectivity index (χ3n) is 2.34. The van der Waals surface area contributed by atoms with Gasteiger partial charge in [-0.05, 0) is 46.5 Å². The van der Waals surface area contributed by atoms with E-state index in [0.717, 1.165) is 17.5 Å². The Bertz CT molecular complexity index is 408. The molecule has 15 heavy (non-hydrogen) atoms. The maximum atomic E-state index is 12.7. The Hall–Kier alpha value is -1.19. The minimum absolute atomic E-state index is 0.00158. The fraction of sp³-hybridized carbons (Fsp3) is 0.167. The monoisotopic (exact) mass is 221 g/mol. The number of hydrogen-bond acceptors (Lipinski definition) is 2. The molecule has 0 saturated heterocycles. The second-order valence-electron chi connectivity index (χ2n) is 3.49. The van der Waals surface area contributed by atoms with Crippen LogP contribution in [0.15, 0.2) is 41.1 Å². The minimum Gasteiger partial charge on any atom is -0.324 e. The quantitative estimate of drug-likeness (QED) is 0.846. The molecular weight excluding hydrogens is 209 g/mol. The molecule has 0 aliphatic carbocycles. The molecule has 2 aromatic rings. The van der Waals surface area contributed by atoms with Crippen LogP contribution in [0.1, 0.15) is 17.2 Å². The summed E-state index contributed by atoms with van der Waals surface area (Å²) >= 11 is 1.64. The first-order valence-electron chi connectivity index (χ1n) is 4.78. The molecule has 0 aliphatic rings. The first-order chi connectivity index (χ1) is 7.25. The van der Waals surface area contributed by atoms with Crippen LogP contribution in [0.2, 0.25) is 0 Å². The van der Waals surface area contributed by atoms with E-state index in [1.807, 2.05) is 16.8 Å². The number of hydrogen-bond donors (Lipinski definition) is 1. The van der Waals surface area contributed by atoms with Crippen molar-refractivity contribution in [3.05, 3.63) is 58.0 Å². The van der Waals surface area contributed by atoms with Gasteiger partial charge in [-0.2, -0.15) is 11.3 Å². The molecule has 0 radical (unpaired) electrons. The van der Waals surface area contributed by atoms with Crippen molar-refractivity contribution in [2.45, 2.75) is 12.5 Å². The molecule has 2 rings (SSSR count). The van der Waals surface area contributed by atoms with E-state index in [2.05, 4.69) is 0 Å². The molecule has 2 N–H and O–H groups in total. The predicted molar refractivity (Wildman–Crippen MR) is 61.4 cm³/mol. The van der Waals surface area contributed by atoms with Crippen LogP contribution < -0.4 is 5.73 Å². The molecule has 0 fully saturated rings. The van der Waals surface area contributed by atoms with Gasteiger partial charge in [0.25, 0.3) is 0 Å². The standard InChI is InChI=1S/C12H12FNS/c13-11-3-1-9(2-4-11)7-12(14)10-5-6-15-8-10/h1-6,8,12H,7,14H2. The summed E-state index contributed by atoms with van der Waals surface area (Å²) < 4.78 is 12.7. The van der Waals surface area contributed by atoms with Crippen LogP contribution in [0.4, 0.5) is 4.39 Å². The highest BCUT2D eigenvalue weighted by Gasteiger charge is 2.07. The minimum atomic E-state index is -0.206. The molecule has 78 valence electrons. The van der Waals surface area contributed by atoms with Crippen LogP contribution in [-0.2, 0) is 6.42 Å². The Morgan fingerprint density at radius 2 is 1.93 bits per heavy atom. The maximum absolute atomic E-state index is 12.7. The second-order valence-corrected chi connectivity index (χ2v) is 4.27. The average Bonchev–Trinajstić information content (AvgIpc) is 2.74. The Balaban J connectivity index is 2.06. The smallest absolute Gasteiger partial charge is 0.123 e. The summed E-state index contributed by atoms with van der Waals surface area (Å²) in [6, 6.07) is 8.52. The van der Waals surface area contributed by atoms with Gasteiger partial charge in [0.2, 0.25) is 0 Å². The highest BCUT2D eigenvalue weighted by atomic mass is 32.1. The largest absolute Gasteiger partial charge is 0.324 e. The van der Waals surface area contributed by atoms with E-state index < -0.39 is 0 Å². The summed E-state index contributed by atoms with van der Waals surface area (Å²) in [5.74, 6) is -0.206. The van der Waals surface area contributed by atoms with Gasteiger partial charge in [0.1, 0.15) is 5.82 Å². The van der Waals surface area contributed by atoms with Crippen molar-refractivity contribution < 1.29 is 4.39 Å². The normalized spacial score (nSPS) is 12.7. The van der Waals surface area contributed by atoms with Crippen molar-refractivity contribution >= 4 is 11.3 Å². The third-order valence-corrected chi connectivity index (χ3v) is 3.04. The molecule has 1 heterocycles. The summed E-state index contributed by atoms with van der Waals surface area (Å²) in [5.41, 5.74) is 8.23. The molecule has 0 amide bonds. The Labute approximate surface area is 92.4 Å². The molecular formula is C12H12FNS. The van der Waals surface area contributed by atoms with Crippen LogP contribution in [0.3, 0.4) is 0 Å². The number of rotatable bonds is 3. The Morgan fingerprint density at radius 3 is 2.53 bits per heavy atom. The predicted octanol–water partition coefficient (Wildman–Crippen LogP) is 3.13. The number of benzene rings is 1. The molecule has 1 atom stereocenters. The van der Waals surface area contributed by atoms with Crippen LogP contribution >= 0.6 is 11.3 Å². The molecule has 3 heteroatoms. The summed E-state index contributed by atoms with van der Waals surface area (Å²) in [4.78, 5) is 0. The molecule has 1 aromatic heterocycles. The molecule has 0 spiro atoms. The van der Waals surface area contributed by atoms with Crippen molar-refractivity contribution in [1.29, 1.82) is 0 Å². The van der Waals surface area contributed by atoms with Crippen molar-refractivity contribution in [1.82, 2.24) is 0 Å². The highest BCUT2D eigenvalue weighted by Crippen LogP contribution is 2.18. The highest BCUT2D eigenvalue weighted by molar-refractivity contribution is 7.07. The van der Waals surface area contributed by atoms with E-state index in [0.29, 0.717) is 0 Å². The van der Waals surface area contributed by atoms with Crippen molar-refractivity contribution in [2.24, 2.45) is 5.73 Å². The van der Waals surface area contributed by atoms with Crippen molar-refractivity contribution in [2.75, 3.05) is 0 Å². The van der Waals surface area contributed by atoms with Gasteiger partial charge in [0, 0.05) is 6.04 Å². The molecule has 1 unspecified atom stereocenters. The first-order valence-corrected chi connectivity index (χ1v) is 5.72. The number of halogens is 1. The lowest BCUT2D eigenvalue weighted by Gasteiger charge is -2.09. The van der Waals surface area contributed by atoms with Gasteiger partial charge in [-0.1, -0.05) is 12.1 Å². The number of nitrogens with two attached hydrogens (primary N) is 1. The van der Waals surface area contributed by atoms with Crippen molar-refractivity contribution in [3.63, 3.8) is 0 Å². The zero-order chi connectivity index (χ0) is 10.7. The SMILES string of the molecule is NC(Cc1ccc(F)cc1)c1ccsc1. The van der Waals surface area contributed by atoms with Gasteiger partial charge in [0.05, 0.1) is 0 Å². The van der Waals surface area contributed by atoms with Crippen LogP contribution in [0.25, 0.3) is 0 Å². The van der Waals surface area contributed by atoms with E-state index >= 15 is 0 Å². The van der Waals surface area contributed by atoms with Gasteiger partial charge in [-0.3, -0.25) is 0 Å². The number of thiophene rings is 1. The average molecular weight is 221 g/mol. The first kappa shape index (κ1) is 10.3. The van der Waals surface area contributed by atoms with Gasteiger partial charge < -0.3 is 5.73 Å². The third kappa shape index (κ3) is 2.64. The van der Waals surface area contributed by atoms with Gasteiger partial charge in [-0.15, -0.1) is 0 Å². The molecule has 0 aliphatic heterocycles. The van der Waals surface area contributed by atoms with E-state index in [4.69, 9.17) is 5.73 Å². The van der Waals surface area contributed by atoms with Crippen LogP contribution in [0, 0.1) is 5.82 Å². The van der Waals surface area contributed by atoms with Gasteiger partial charge in [-0.25, -0.2) is 4.39 Å². The Kier molecular flexibility index (Phi) is 3.14.